The third kappa shape index (κ3) is 3.62. The van der Waals surface area contributed by atoms with Crippen LogP contribution in [0.3, 0.4) is 0 Å². The summed E-state index contributed by atoms with van der Waals surface area (Å²) in [5.74, 6) is -1.07. The van der Waals surface area contributed by atoms with Crippen molar-refractivity contribution in [2.45, 2.75) is 4.90 Å². The number of benzene rings is 2. The molecule has 0 saturated heterocycles. The van der Waals surface area contributed by atoms with Gasteiger partial charge in [0.2, 0.25) is 0 Å². The van der Waals surface area contributed by atoms with Gasteiger partial charge in [-0.25, -0.2) is 0 Å². The van der Waals surface area contributed by atoms with E-state index in [-0.39, 0.29) is 11.3 Å². The van der Waals surface area contributed by atoms with Crippen LogP contribution in [-0.2, 0) is 10.1 Å². The van der Waals surface area contributed by atoms with E-state index in [0.717, 1.165) is 12.3 Å². The van der Waals surface area contributed by atoms with Crippen molar-refractivity contribution in [3.63, 3.8) is 0 Å². The van der Waals surface area contributed by atoms with Crippen LogP contribution < -0.4 is 0 Å². The maximum Gasteiger partial charge on any atom is 0.298 e. The van der Waals surface area contributed by atoms with Crippen molar-refractivity contribution in [1.82, 2.24) is 0 Å². The summed E-state index contributed by atoms with van der Waals surface area (Å²) in [6.07, 6.45) is 1.09. The van der Waals surface area contributed by atoms with Gasteiger partial charge in [0, 0.05) is 23.9 Å². The topological polar surface area (TPSA) is 150 Å². The Bertz CT molecular complexity index is 907. The fourth-order valence-corrected chi connectivity index (χ4v) is 2.33. The zero-order valence-corrected chi connectivity index (χ0v) is 12.1. The first kappa shape index (κ1) is 16.4. The molecule has 10 heteroatoms. The number of nitro groups is 1. The van der Waals surface area contributed by atoms with Crippen molar-refractivity contribution < 1.29 is 28.1 Å². The molecule has 0 atom stereocenters. The summed E-state index contributed by atoms with van der Waals surface area (Å²) in [4.78, 5) is 12.6. The first-order valence-electron chi connectivity index (χ1n) is 6.01. The Morgan fingerprint density at radius 1 is 1.17 bits per heavy atom. The van der Waals surface area contributed by atoms with E-state index in [9.17, 15) is 28.7 Å². The van der Waals surface area contributed by atoms with Gasteiger partial charge in [0.05, 0.1) is 4.92 Å². The average Bonchev–Trinajstić information content (AvgIpc) is 2.46. The molecule has 0 amide bonds. The molecule has 0 fully saturated rings. The van der Waals surface area contributed by atoms with Crippen molar-refractivity contribution in [3.8, 4) is 11.5 Å². The van der Waals surface area contributed by atoms with Gasteiger partial charge in [-0.2, -0.15) is 8.42 Å². The minimum atomic E-state index is -4.88. The number of non-ortho nitro benzene ring substituents is 1. The van der Waals surface area contributed by atoms with Crippen LogP contribution in [0.2, 0.25) is 0 Å². The molecule has 0 aromatic heterocycles. The highest BCUT2D eigenvalue weighted by Gasteiger charge is 2.23. The summed E-state index contributed by atoms with van der Waals surface area (Å²) in [5.41, 5.74) is -0.887. The third-order valence-corrected chi connectivity index (χ3v) is 3.67. The lowest BCUT2D eigenvalue weighted by atomic mass is 10.2. The molecule has 3 N–H and O–H groups in total. The number of para-hydroxylation sites is 1. The van der Waals surface area contributed by atoms with Crippen molar-refractivity contribution >= 4 is 27.7 Å². The molecule has 2 aromatic rings. The van der Waals surface area contributed by atoms with E-state index in [1.165, 1.54) is 12.1 Å². The second-order valence-corrected chi connectivity index (χ2v) is 5.75. The molecule has 23 heavy (non-hydrogen) atoms. The first-order valence-corrected chi connectivity index (χ1v) is 7.45. The normalized spacial score (nSPS) is 11.7. The molecule has 0 aliphatic heterocycles. The Balaban J connectivity index is 2.60. The minimum absolute atomic E-state index is 0.129. The van der Waals surface area contributed by atoms with Crippen LogP contribution in [-0.4, -0.2) is 34.3 Å². The van der Waals surface area contributed by atoms with E-state index in [1.54, 1.807) is 12.1 Å². The summed E-state index contributed by atoms with van der Waals surface area (Å²) in [6.45, 7) is 0. The number of hydrogen-bond acceptors (Lipinski definition) is 7. The lowest BCUT2D eigenvalue weighted by Gasteiger charge is -2.05. The highest BCUT2D eigenvalue weighted by Crippen LogP contribution is 2.37. The van der Waals surface area contributed by atoms with E-state index in [2.05, 4.69) is 4.99 Å². The molecule has 0 saturated carbocycles. The van der Waals surface area contributed by atoms with Crippen LogP contribution in [0.15, 0.2) is 46.3 Å². The lowest BCUT2D eigenvalue weighted by molar-refractivity contribution is -0.385. The van der Waals surface area contributed by atoms with Gasteiger partial charge in [-0.15, -0.1) is 0 Å². The van der Waals surface area contributed by atoms with E-state index in [4.69, 9.17) is 4.55 Å². The summed E-state index contributed by atoms with van der Waals surface area (Å²) in [5, 5.41) is 30.3. The van der Waals surface area contributed by atoms with Gasteiger partial charge >= 0.3 is 0 Å². The van der Waals surface area contributed by atoms with E-state index in [1.807, 2.05) is 0 Å². The number of hydrogen-bond donors (Lipinski definition) is 3. The van der Waals surface area contributed by atoms with Crippen molar-refractivity contribution in [2.24, 2.45) is 4.99 Å². The average molecular weight is 338 g/mol. The third-order valence-electron chi connectivity index (χ3n) is 2.81. The van der Waals surface area contributed by atoms with Crippen LogP contribution in [0.5, 0.6) is 11.5 Å². The molecule has 0 heterocycles. The first-order chi connectivity index (χ1) is 10.7. The smallest absolute Gasteiger partial charge is 0.298 e. The van der Waals surface area contributed by atoms with E-state index >= 15 is 0 Å². The summed E-state index contributed by atoms with van der Waals surface area (Å²) >= 11 is 0. The molecule has 9 nitrogen and oxygen atoms in total. The largest absolute Gasteiger partial charge is 0.507 e. The maximum absolute atomic E-state index is 11.2. The summed E-state index contributed by atoms with van der Waals surface area (Å²) in [7, 11) is -4.88. The number of nitro benzene ring substituents is 1. The highest BCUT2D eigenvalue weighted by atomic mass is 32.2. The molecule has 2 rings (SSSR count). The Kier molecular flexibility index (Phi) is 4.29. The number of phenols is 2. The minimum Gasteiger partial charge on any atom is -0.507 e. The van der Waals surface area contributed by atoms with Crippen LogP contribution in [0.25, 0.3) is 0 Å². The van der Waals surface area contributed by atoms with Gasteiger partial charge in [-0.3, -0.25) is 19.7 Å². The molecule has 0 unspecified atom stereocenters. The molecule has 0 aliphatic carbocycles. The van der Waals surface area contributed by atoms with Gasteiger partial charge in [-0.1, -0.05) is 12.1 Å². The van der Waals surface area contributed by atoms with Gasteiger partial charge < -0.3 is 10.2 Å². The van der Waals surface area contributed by atoms with Crippen molar-refractivity contribution in [1.29, 1.82) is 0 Å². The maximum atomic E-state index is 11.2. The fraction of sp³-hybridized carbons (Fsp3) is 0. The van der Waals surface area contributed by atoms with E-state index in [0.29, 0.717) is 6.07 Å². The molecule has 0 radical (unpaired) electrons. The van der Waals surface area contributed by atoms with Crippen LogP contribution in [0.1, 0.15) is 5.56 Å². The van der Waals surface area contributed by atoms with Gasteiger partial charge in [0.25, 0.3) is 15.8 Å². The molecular formula is C13H10N2O7S. The second kappa shape index (κ2) is 6.02. The molecule has 0 aliphatic rings. The zero-order valence-electron chi connectivity index (χ0n) is 11.3. The SMILES string of the molecule is O=[N+]([O-])c1cc(/N=C/c2ccccc2O)c(O)c(S(=O)(=O)O)c1. The van der Waals surface area contributed by atoms with Crippen LogP contribution in [0, 0.1) is 10.1 Å². The molecule has 120 valence electrons. The van der Waals surface area contributed by atoms with Gasteiger partial charge in [0.1, 0.15) is 16.3 Å². The Morgan fingerprint density at radius 3 is 2.39 bits per heavy atom. The quantitative estimate of drug-likeness (QED) is 0.334. The van der Waals surface area contributed by atoms with Crippen molar-refractivity contribution in [3.05, 3.63) is 52.1 Å². The predicted octanol–water partition coefficient (Wildman–Crippen LogP) is 2.00. The molecular weight excluding hydrogens is 328 g/mol. The Labute approximate surface area is 130 Å². The highest BCUT2D eigenvalue weighted by molar-refractivity contribution is 7.86. The zero-order chi connectivity index (χ0) is 17.2. The van der Waals surface area contributed by atoms with Crippen LogP contribution >= 0.6 is 0 Å². The molecule has 0 spiro atoms. The second-order valence-electron chi connectivity index (χ2n) is 4.36. The molecule has 2 aromatic carbocycles. The Hall–Kier alpha value is -2.98. The number of aromatic hydroxyl groups is 2. The standard InChI is InChI=1S/C13H10N2O7S/c16-11-4-2-1-3-8(11)7-14-10-5-9(15(18)19)6-12(13(10)17)23(20,21)22/h1-7,16-17H,(H,20,21,22)/b14-7+. The van der Waals surface area contributed by atoms with Crippen LogP contribution in [0.4, 0.5) is 11.4 Å². The number of phenolic OH excluding ortho intramolecular Hbond substituents is 2. The molecule has 0 bridgehead atoms. The van der Waals surface area contributed by atoms with Gasteiger partial charge in [0.15, 0.2) is 5.75 Å². The predicted molar refractivity (Wildman–Crippen MR) is 79.9 cm³/mol. The number of aliphatic imine (C=N–C) groups is 1. The van der Waals surface area contributed by atoms with Gasteiger partial charge in [-0.05, 0) is 12.1 Å². The van der Waals surface area contributed by atoms with E-state index < -0.39 is 37.1 Å². The summed E-state index contributed by atoms with van der Waals surface area (Å²) < 4.78 is 31.4. The fourth-order valence-electron chi connectivity index (χ4n) is 1.72. The monoisotopic (exact) mass is 338 g/mol. The van der Waals surface area contributed by atoms with Crippen molar-refractivity contribution in [2.75, 3.05) is 0 Å². The number of rotatable bonds is 4. The summed E-state index contributed by atoms with van der Waals surface area (Å²) in [6, 6.07) is 7.37. The lowest BCUT2D eigenvalue weighted by Crippen LogP contribution is -2.00. The number of nitrogens with zero attached hydrogens (tertiary/aromatic N) is 2. The Morgan fingerprint density at radius 2 is 1.83 bits per heavy atom.